The molecule has 1 saturated heterocycles. The normalized spacial score (nSPS) is 13.8. The number of likely N-dealkylation sites (N-methyl/N-ethyl adjacent to an activating group) is 1. The van der Waals surface area contributed by atoms with Gasteiger partial charge >= 0.3 is 0 Å². The number of halogens is 1. The quantitative estimate of drug-likeness (QED) is 0.799. The predicted octanol–water partition coefficient (Wildman–Crippen LogP) is 3.10. The van der Waals surface area contributed by atoms with Crippen LogP contribution in [0.15, 0.2) is 48.5 Å². The summed E-state index contributed by atoms with van der Waals surface area (Å²) in [5.74, 6) is 0.194. The minimum atomic E-state index is -0.319. The van der Waals surface area contributed by atoms with E-state index in [2.05, 4.69) is 0 Å². The van der Waals surface area contributed by atoms with Crippen molar-refractivity contribution in [3.63, 3.8) is 0 Å². The van der Waals surface area contributed by atoms with Gasteiger partial charge in [-0.3, -0.25) is 9.59 Å². The molecule has 0 N–H and O–H groups in total. The molecule has 0 saturated carbocycles. The average Bonchev–Trinajstić information content (AvgIpc) is 3.08. The van der Waals surface area contributed by atoms with Gasteiger partial charge in [0.25, 0.3) is 5.91 Å². The summed E-state index contributed by atoms with van der Waals surface area (Å²) in [6.45, 7) is 1.39. The number of amides is 2. The molecule has 3 rings (SSSR count). The topological polar surface area (TPSA) is 49.9 Å². The van der Waals surface area contributed by atoms with Gasteiger partial charge in [-0.2, -0.15) is 0 Å². The molecule has 1 fully saturated rings. The van der Waals surface area contributed by atoms with Crippen LogP contribution in [0.5, 0.6) is 5.75 Å². The lowest BCUT2D eigenvalue weighted by Gasteiger charge is -2.20. The fourth-order valence-corrected chi connectivity index (χ4v) is 2.88. The van der Waals surface area contributed by atoms with Crippen molar-refractivity contribution in [2.45, 2.75) is 12.8 Å². The molecule has 5 nitrogen and oxygen atoms in total. The van der Waals surface area contributed by atoms with E-state index in [1.807, 2.05) is 6.07 Å². The van der Waals surface area contributed by atoms with Crippen molar-refractivity contribution in [2.75, 3.05) is 31.6 Å². The summed E-state index contributed by atoms with van der Waals surface area (Å²) in [7, 11) is 1.70. The maximum absolute atomic E-state index is 12.9. The molecule has 0 radical (unpaired) electrons. The summed E-state index contributed by atoms with van der Waals surface area (Å²) in [6.07, 6.45) is 1.40. The molecule has 1 aliphatic heterocycles. The maximum Gasteiger partial charge on any atom is 0.253 e. The Kier molecular flexibility index (Phi) is 5.51. The molecular weight excluding hydrogens is 335 g/mol. The monoisotopic (exact) mass is 356 g/mol. The Bertz CT molecular complexity index is 792. The molecule has 0 aliphatic carbocycles. The number of hydrogen-bond acceptors (Lipinski definition) is 3. The van der Waals surface area contributed by atoms with Crippen LogP contribution in [-0.4, -0.2) is 43.5 Å². The van der Waals surface area contributed by atoms with Gasteiger partial charge in [0.15, 0.2) is 0 Å². The highest BCUT2D eigenvalue weighted by atomic mass is 19.1. The molecule has 0 spiro atoms. The summed E-state index contributed by atoms with van der Waals surface area (Å²) in [5.41, 5.74) is 1.29. The van der Waals surface area contributed by atoms with Crippen molar-refractivity contribution in [2.24, 2.45) is 0 Å². The van der Waals surface area contributed by atoms with Gasteiger partial charge in [0.2, 0.25) is 5.91 Å². The predicted molar refractivity (Wildman–Crippen MR) is 96.9 cm³/mol. The lowest BCUT2D eigenvalue weighted by atomic mass is 10.1. The maximum atomic E-state index is 12.9. The Hall–Kier alpha value is -2.89. The first kappa shape index (κ1) is 17.9. The Balaban J connectivity index is 1.57. The number of rotatable bonds is 6. The van der Waals surface area contributed by atoms with E-state index in [9.17, 15) is 14.0 Å². The van der Waals surface area contributed by atoms with Crippen LogP contribution in [0.2, 0.25) is 0 Å². The molecule has 0 bridgehead atoms. The summed E-state index contributed by atoms with van der Waals surface area (Å²) >= 11 is 0. The minimum Gasteiger partial charge on any atom is -0.492 e. The highest BCUT2D eigenvalue weighted by Gasteiger charge is 2.22. The molecule has 0 atom stereocenters. The second kappa shape index (κ2) is 7.99. The number of hydrogen-bond donors (Lipinski definition) is 0. The Morgan fingerprint density at radius 1 is 1.23 bits per heavy atom. The van der Waals surface area contributed by atoms with Crippen LogP contribution in [-0.2, 0) is 4.79 Å². The number of benzene rings is 2. The smallest absolute Gasteiger partial charge is 0.253 e. The van der Waals surface area contributed by atoms with E-state index in [-0.39, 0.29) is 17.6 Å². The third-order valence-electron chi connectivity index (χ3n) is 4.33. The molecule has 136 valence electrons. The minimum absolute atomic E-state index is 0.0932. The molecular formula is C20H21FN2O3. The van der Waals surface area contributed by atoms with E-state index in [1.54, 1.807) is 47.2 Å². The van der Waals surface area contributed by atoms with Crippen LogP contribution in [0, 0.1) is 5.82 Å². The zero-order valence-electron chi connectivity index (χ0n) is 14.7. The van der Waals surface area contributed by atoms with Gasteiger partial charge in [0.1, 0.15) is 18.2 Å². The second-order valence-electron chi connectivity index (χ2n) is 6.23. The molecule has 0 unspecified atom stereocenters. The van der Waals surface area contributed by atoms with Crippen molar-refractivity contribution >= 4 is 17.5 Å². The van der Waals surface area contributed by atoms with E-state index in [0.717, 1.165) is 12.1 Å². The average molecular weight is 356 g/mol. The molecule has 26 heavy (non-hydrogen) atoms. The van der Waals surface area contributed by atoms with Crippen LogP contribution in [0.4, 0.5) is 10.1 Å². The largest absolute Gasteiger partial charge is 0.492 e. The number of carbonyl (C=O) groups is 2. The number of anilines is 1. The van der Waals surface area contributed by atoms with Crippen LogP contribution in [0.3, 0.4) is 0 Å². The van der Waals surface area contributed by atoms with E-state index < -0.39 is 0 Å². The lowest BCUT2D eigenvalue weighted by Crippen LogP contribution is -2.31. The van der Waals surface area contributed by atoms with Crippen molar-refractivity contribution in [1.29, 1.82) is 0 Å². The first-order valence-electron chi connectivity index (χ1n) is 8.59. The SMILES string of the molecule is CN(CCOc1ccc(F)cc1)C(=O)c1cccc(N2CCCC2=O)c1. The van der Waals surface area contributed by atoms with Crippen LogP contribution in [0.25, 0.3) is 0 Å². The van der Waals surface area contributed by atoms with Gasteiger partial charge in [-0.15, -0.1) is 0 Å². The summed E-state index contributed by atoms with van der Waals surface area (Å²) in [5, 5.41) is 0. The van der Waals surface area contributed by atoms with Crippen LogP contribution in [0.1, 0.15) is 23.2 Å². The van der Waals surface area contributed by atoms with Gasteiger partial charge < -0.3 is 14.5 Å². The zero-order chi connectivity index (χ0) is 18.5. The first-order valence-corrected chi connectivity index (χ1v) is 8.59. The second-order valence-corrected chi connectivity index (χ2v) is 6.23. The van der Waals surface area contributed by atoms with E-state index in [1.165, 1.54) is 12.1 Å². The first-order chi connectivity index (χ1) is 12.5. The van der Waals surface area contributed by atoms with E-state index in [0.29, 0.717) is 37.4 Å². The Morgan fingerprint density at radius 2 is 2.00 bits per heavy atom. The van der Waals surface area contributed by atoms with Gasteiger partial charge in [-0.25, -0.2) is 4.39 Å². The lowest BCUT2D eigenvalue weighted by molar-refractivity contribution is -0.117. The molecule has 2 amide bonds. The molecule has 1 aliphatic rings. The van der Waals surface area contributed by atoms with Gasteiger partial charge in [-0.1, -0.05) is 6.07 Å². The van der Waals surface area contributed by atoms with Gasteiger partial charge in [0.05, 0.1) is 6.54 Å². The zero-order valence-corrected chi connectivity index (χ0v) is 14.7. The third kappa shape index (κ3) is 4.20. The highest BCUT2D eigenvalue weighted by Crippen LogP contribution is 2.22. The molecule has 6 heteroatoms. The molecule has 2 aromatic carbocycles. The molecule has 0 aromatic heterocycles. The molecule has 2 aromatic rings. The van der Waals surface area contributed by atoms with Crippen molar-refractivity contribution in [3.05, 3.63) is 59.9 Å². The Labute approximate surface area is 152 Å². The van der Waals surface area contributed by atoms with Crippen molar-refractivity contribution < 1.29 is 18.7 Å². The van der Waals surface area contributed by atoms with Crippen molar-refractivity contribution in [3.8, 4) is 5.75 Å². The summed E-state index contributed by atoms with van der Waals surface area (Å²) < 4.78 is 18.4. The van der Waals surface area contributed by atoms with Crippen LogP contribution >= 0.6 is 0 Å². The molecule has 1 heterocycles. The van der Waals surface area contributed by atoms with E-state index >= 15 is 0 Å². The fraction of sp³-hybridized carbons (Fsp3) is 0.300. The van der Waals surface area contributed by atoms with Crippen molar-refractivity contribution in [1.82, 2.24) is 4.90 Å². The number of carbonyl (C=O) groups excluding carboxylic acids is 2. The summed E-state index contributed by atoms with van der Waals surface area (Å²) in [6, 6.07) is 12.9. The third-order valence-corrected chi connectivity index (χ3v) is 4.33. The van der Waals surface area contributed by atoms with Gasteiger partial charge in [0, 0.05) is 31.3 Å². The summed E-state index contributed by atoms with van der Waals surface area (Å²) in [4.78, 5) is 27.8. The standard InChI is InChI=1S/C20H21FN2O3/c1-22(12-13-26-18-9-7-16(21)8-10-18)20(25)15-4-2-5-17(14-15)23-11-3-6-19(23)24/h2,4-5,7-10,14H,3,6,11-13H2,1H3. The highest BCUT2D eigenvalue weighted by molar-refractivity contribution is 5.99. The Morgan fingerprint density at radius 3 is 2.69 bits per heavy atom. The van der Waals surface area contributed by atoms with Crippen LogP contribution < -0.4 is 9.64 Å². The number of ether oxygens (including phenoxy) is 1. The number of nitrogens with zero attached hydrogens (tertiary/aromatic N) is 2. The fourth-order valence-electron chi connectivity index (χ4n) is 2.88. The van der Waals surface area contributed by atoms with E-state index in [4.69, 9.17) is 4.74 Å². The van der Waals surface area contributed by atoms with Gasteiger partial charge in [-0.05, 0) is 48.9 Å².